The maximum Gasteiger partial charge on any atom is 0.289 e. The van der Waals surface area contributed by atoms with Crippen LogP contribution in [-0.2, 0) is 16.4 Å². The van der Waals surface area contributed by atoms with Gasteiger partial charge in [-0.3, -0.25) is 10.1 Å². The largest absolute Gasteiger partial charge is 0.358 e. The molecule has 2 aromatic carbocycles. The molecule has 1 aliphatic rings. The molecule has 0 spiro atoms. The molecular weight excluding hydrogens is 402 g/mol. The molecule has 0 radical (unpaired) electrons. The van der Waals surface area contributed by atoms with Gasteiger partial charge in [0.25, 0.3) is 5.69 Å². The van der Waals surface area contributed by atoms with Crippen LogP contribution in [0.1, 0.15) is 55.3 Å². The van der Waals surface area contributed by atoms with Gasteiger partial charge in [0.15, 0.2) is 4.90 Å². The molecule has 7 nitrogen and oxygen atoms in total. The van der Waals surface area contributed by atoms with E-state index in [1.54, 1.807) is 0 Å². The number of aromatic amines is 1. The fourth-order valence-electron chi connectivity index (χ4n) is 4.26. The Morgan fingerprint density at radius 2 is 2.00 bits per heavy atom. The molecule has 158 valence electrons. The number of nitrogens with one attached hydrogen (secondary N) is 2. The van der Waals surface area contributed by atoms with Crippen molar-refractivity contribution >= 4 is 26.6 Å². The highest BCUT2D eigenvalue weighted by atomic mass is 32.2. The monoisotopic (exact) mass is 427 g/mol. The molecule has 3 aromatic rings. The van der Waals surface area contributed by atoms with Gasteiger partial charge in [-0.15, -0.1) is 0 Å². The van der Waals surface area contributed by atoms with Crippen molar-refractivity contribution in [3.63, 3.8) is 0 Å². The second-order valence-electron chi connectivity index (χ2n) is 8.14. The average Bonchev–Trinajstić information content (AvgIpc) is 3.10. The lowest BCUT2D eigenvalue weighted by molar-refractivity contribution is -0.387. The Hall–Kier alpha value is -2.71. The Morgan fingerprint density at radius 3 is 2.73 bits per heavy atom. The molecule has 2 N–H and O–H groups in total. The molecule has 8 heteroatoms. The molecule has 0 aliphatic heterocycles. The molecule has 4 rings (SSSR count). The quantitative estimate of drug-likeness (QED) is 0.443. The SMILES string of the molecule is CC(C)c1ccc2[nH]c3c(c2c1)CCCC3CNS(=O)(=O)c1ccccc1[N+](=O)[O-]. The second kappa shape index (κ2) is 7.85. The summed E-state index contributed by atoms with van der Waals surface area (Å²) in [5.74, 6) is 0.439. The number of fused-ring (bicyclic) bond motifs is 3. The third-order valence-electron chi connectivity index (χ3n) is 5.89. The van der Waals surface area contributed by atoms with Crippen molar-refractivity contribution in [3.05, 3.63) is 69.4 Å². The van der Waals surface area contributed by atoms with Crippen molar-refractivity contribution in [1.29, 1.82) is 0 Å². The lowest BCUT2D eigenvalue weighted by Crippen LogP contribution is -2.30. The summed E-state index contributed by atoms with van der Waals surface area (Å²) in [7, 11) is -3.99. The second-order valence-corrected chi connectivity index (χ2v) is 9.88. The summed E-state index contributed by atoms with van der Waals surface area (Å²) in [6.07, 6.45) is 2.80. The van der Waals surface area contributed by atoms with Crippen molar-refractivity contribution in [1.82, 2.24) is 9.71 Å². The number of para-hydroxylation sites is 1. The first kappa shape index (κ1) is 20.6. The van der Waals surface area contributed by atoms with E-state index in [9.17, 15) is 18.5 Å². The van der Waals surface area contributed by atoms with Crippen molar-refractivity contribution in [3.8, 4) is 0 Å². The Kier molecular flexibility index (Phi) is 5.38. The molecule has 0 saturated heterocycles. The summed E-state index contributed by atoms with van der Waals surface area (Å²) in [6.45, 7) is 4.53. The minimum Gasteiger partial charge on any atom is -0.358 e. The van der Waals surface area contributed by atoms with Crippen LogP contribution in [0.4, 0.5) is 5.69 Å². The van der Waals surface area contributed by atoms with Crippen LogP contribution in [0.25, 0.3) is 10.9 Å². The lowest BCUT2D eigenvalue weighted by atomic mass is 9.86. The molecule has 0 saturated carbocycles. The molecule has 30 heavy (non-hydrogen) atoms. The van der Waals surface area contributed by atoms with Gasteiger partial charge < -0.3 is 4.98 Å². The van der Waals surface area contributed by atoms with Gasteiger partial charge in [0.05, 0.1) is 4.92 Å². The van der Waals surface area contributed by atoms with Crippen LogP contribution in [0.2, 0.25) is 0 Å². The van der Waals surface area contributed by atoms with Crippen LogP contribution in [0.5, 0.6) is 0 Å². The van der Waals surface area contributed by atoms with Gasteiger partial charge in [0.1, 0.15) is 0 Å². The number of hydrogen-bond acceptors (Lipinski definition) is 4. The maximum absolute atomic E-state index is 12.8. The van der Waals surface area contributed by atoms with Gasteiger partial charge in [-0.2, -0.15) is 0 Å². The number of hydrogen-bond donors (Lipinski definition) is 2. The van der Waals surface area contributed by atoms with Gasteiger partial charge in [0, 0.05) is 35.1 Å². The number of rotatable bonds is 6. The summed E-state index contributed by atoms with van der Waals surface area (Å²) in [6, 6.07) is 11.9. The zero-order chi connectivity index (χ0) is 21.5. The van der Waals surface area contributed by atoms with E-state index < -0.39 is 20.6 Å². The predicted octanol–water partition coefficient (Wildman–Crippen LogP) is 4.60. The minimum atomic E-state index is -3.99. The van der Waals surface area contributed by atoms with Crippen molar-refractivity contribution in [2.75, 3.05) is 6.54 Å². The van der Waals surface area contributed by atoms with Crippen LogP contribution in [-0.4, -0.2) is 24.9 Å². The van der Waals surface area contributed by atoms with Crippen LogP contribution in [0, 0.1) is 10.1 Å². The van der Waals surface area contributed by atoms with Gasteiger partial charge in [0.2, 0.25) is 10.0 Å². The summed E-state index contributed by atoms with van der Waals surface area (Å²) in [5.41, 5.74) is 4.26. The highest BCUT2D eigenvalue weighted by Crippen LogP contribution is 2.37. The van der Waals surface area contributed by atoms with Gasteiger partial charge in [-0.25, -0.2) is 13.1 Å². The number of benzene rings is 2. The predicted molar refractivity (Wildman–Crippen MR) is 116 cm³/mol. The van der Waals surface area contributed by atoms with Crippen LogP contribution in [0.3, 0.4) is 0 Å². The smallest absolute Gasteiger partial charge is 0.289 e. The van der Waals surface area contributed by atoms with Gasteiger partial charge in [-0.1, -0.05) is 32.0 Å². The fraction of sp³-hybridized carbons (Fsp3) is 0.364. The summed E-state index contributed by atoms with van der Waals surface area (Å²) >= 11 is 0. The molecule has 0 amide bonds. The topological polar surface area (TPSA) is 105 Å². The molecule has 1 heterocycles. The van der Waals surface area contributed by atoms with Crippen molar-refractivity contribution < 1.29 is 13.3 Å². The maximum atomic E-state index is 12.8. The lowest BCUT2D eigenvalue weighted by Gasteiger charge is -2.23. The zero-order valence-electron chi connectivity index (χ0n) is 17.0. The minimum absolute atomic E-state index is 0.00110. The van der Waals surface area contributed by atoms with E-state index in [0.717, 1.165) is 30.5 Å². The number of aryl methyl sites for hydroxylation is 1. The van der Waals surface area contributed by atoms with E-state index in [4.69, 9.17) is 0 Å². The third kappa shape index (κ3) is 3.73. The van der Waals surface area contributed by atoms with Gasteiger partial charge in [-0.05, 0) is 54.5 Å². The standard InChI is InChI=1S/C22H25N3O4S/c1-14(2)15-10-11-19-18(12-15)17-7-5-6-16(22(17)24-19)13-23-30(28,29)21-9-4-3-8-20(21)25(26)27/h3-4,8-12,14,16,23-24H,5-7,13H2,1-2H3. The number of H-pyrrole nitrogens is 1. The first-order valence-corrected chi connectivity index (χ1v) is 11.6. The normalized spacial score (nSPS) is 16.7. The van der Waals surface area contributed by atoms with Crippen LogP contribution < -0.4 is 4.72 Å². The molecule has 1 aromatic heterocycles. The number of nitrogens with zero attached hydrogens (tertiary/aromatic N) is 1. The molecule has 1 atom stereocenters. The third-order valence-corrected chi connectivity index (χ3v) is 7.36. The van der Waals surface area contributed by atoms with E-state index >= 15 is 0 Å². The molecule has 1 unspecified atom stereocenters. The fourth-order valence-corrected chi connectivity index (χ4v) is 5.51. The van der Waals surface area contributed by atoms with Crippen molar-refractivity contribution in [2.24, 2.45) is 0 Å². The molecule has 1 aliphatic carbocycles. The Morgan fingerprint density at radius 1 is 1.23 bits per heavy atom. The number of nitro benzene ring substituents is 1. The summed E-state index contributed by atoms with van der Waals surface area (Å²) in [5, 5.41) is 12.4. The molecular formula is C22H25N3O4S. The summed E-state index contributed by atoms with van der Waals surface area (Å²) < 4.78 is 28.2. The first-order valence-electron chi connectivity index (χ1n) is 10.2. The molecule has 0 bridgehead atoms. The zero-order valence-corrected chi connectivity index (χ0v) is 17.8. The highest BCUT2D eigenvalue weighted by molar-refractivity contribution is 7.89. The highest BCUT2D eigenvalue weighted by Gasteiger charge is 2.29. The number of nitro groups is 1. The molecule has 0 fully saturated rings. The summed E-state index contributed by atoms with van der Waals surface area (Å²) in [4.78, 5) is 13.7. The first-order chi connectivity index (χ1) is 14.3. The number of aromatic nitrogens is 1. The van der Waals surface area contributed by atoms with Crippen molar-refractivity contribution in [2.45, 2.75) is 49.8 Å². The van der Waals surface area contributed by atoms with E-state index in [1.165, 1.54) is 40.8 Å². The van der Waals surface area contributed by atoms with Crippen LogP contribution in [0.15, 0.2) is 47.4 Å². The number of sulfonamides is 1. The Labute approximate surface area is 175 Å². The average molecular weight is 428 g/mol. The van der Waals surface area contributed by atoms with E-state index in [2.05, 4.69) is 41.8 Å². The van der Waals surface area contributed by atoms with Gasteiger partial charge >= 0.3 is 0 Å². The Bertz CT molecular complexity index is 1210. The Balaban J connectivity index is 1.62. The van der Waals surface area contributed by atoms with Crippen LogP contribution >= 0.6 is 0 Å². The van der Waals surface area contributed by atoms with E-state index in [1.807, 2.05) is 0 Å². The van der Waals surface area contributed by atoms with E-state index in [0.29, 0.717) is 5.92 Å². The van der Waals surface area contributed by atoms with E-state index in [-0.39, 0.29) is 17.4 Å².